The monoisotopic (exact) mass is 436 g/mol. The highest BCUT2D eigenvalue weighted by atomic mass is 19.1. The molecule has 0 spiro atoms. The predicted molar refractivity (Wildman–Crippen MR) is 118 cm³/mol. The lowest BCUT2D eigenvalue weighted by Crippen LogP contribution is -2.46. The molecule has 4 rings (SSSR count). The van der Waals surface area contributed by atoms with E-state index in [0.29, 0.717) is 11.3 Å². The minimum Gasteiger partial charge on any atom is -0.497 e. The summed E-state index contributed by atoms with van der Waals surface area (Å²) in [7, 11) is 1.55. The molecule has 2 amide bonds. The average Bonchev–Trinajstić information content (AvgIpc) is 3.51. The van der Waals surface area contributed by atoms with Crippen LogP contribution in [-0.2, 0) is 4.79 Å². The van der Waals surface area contributed by atoms with Crippen molar-refractivity contribution in [2.24, 2.45) is 0 Å². The smallest absolute Gasteiger partial charge is 0.294 e. The number of nitrogens with zero attached hydrogens (tertiary/aromatic N) is 1. The van der Waals surface area contributed by atoms with E-state index < -0.39 is 17.8 Å². The summed E-state index contributed by atoms with van der Waals surface area (Å²) in [5, 5.41) is 3.08. The zero-order chi connectivity index (χ0) is 22.5. The van der Waals surface area contributed by atoms with Crippen LogP contribution in [0, 0.1) is 5.82 Å². The fourth-order valence-corrected chi connectivity index (χ4v) is 4.08. The minimum absolute atomic E-state index is 0.0522. The molecule has 0 radical (unpaired) electrons. The summed E-state index contributed by atoms with van der Waals surface area (Å²) in [4.78, 5) is 28.4. The number of ether oxygens (including phenoxy) is 1. The largest absolute Gasteiger partial charge is 0.497 e. The van der Waals surface area contributed by atoms with Crippen LogP contribution in [0.1, 0.15) is 47.8 Å². The maximum absolute atomic E-state index is 14.1. The van der Waals surface area contributed by atoms with Gasteiger partial charge in [0.25, 0.3) is 5.91 Å². The van der Waals surface area contributed by atoms with E-state index in [9.17, 15) is 14.0 Å². The lowest BCUT2D eigenvalue weighted by atomic mass is 10.0. The van der Waals surface area contributed by atoms with Crippen LogP contribution >= 0.6 is 0 Å². The number of hydrogen-bond donors (Lipinski definition) is 1. The molecule has 6 nitrogen and oxygen atoms in total. The molecule has 1 aromatic heterocycles. The van der Waals surface area contributed by atoms with E-state index in [1.54, 1.807) is 43.5 Å². The number of halogens is 1. The molecule has 1 aliphatic rings. The van der Waals surface area contributed by atoms with Crippen molar-refractivity contribution in [1.29, 1.82) is 0 Å². The van der Waals surface area contributed by atoms with Crippen molar-refractivity contribution in [3.63, 3.8) is 0 Å². The number of methoxy groups -OCH3 is 1. The molecule has 166 valence electrons. The first-order chi connectivity index (χ1) is 15.6. The first kappa shape index (κ1) is 21.6. The van der Waals surface area contributed by atoms with Gasteiger partial charge >= 0.3 is 0 Å². The van der Waals surface area contributed by atoms with Gasteiger partial charge in [0.2, 0.25) is 5.91 Å². The van der Waals surface area contributed by atoms with E-state index >= 15 is 0 Å². The summed E-state index contributed by atoms with van der Waals surface area (Å²) in [5.74, 6) is -0.696. The normalized spacial score (nSPS) is 14.7. The van der Waals surface area contributed by atoms with E-state index in [4.69, 9.17) is 9.15 Å². The van der Waals surface area contributed by atoms with Crippen LogP contribution in [0.4, 0.5) is 10.1 Å². The Morgan fingerprint density at radius 2 is 1.84 bits per heavy atom. The molecule has 0 bridgehead atoms. The van der Waals surface area contributed by atoms with Crippen molar-refractivity contribution in [3.8, 4) is 5.75 Å². The van der Waals surface area contributed by atoms with Gasteiger partial charge in [-0.05, 0) is 60.9 Å². The molecule has 1 heterocycles. The van der Waals surface area contributed by atoms with Crippen molar-refractivity contribution >= 4 is 17.5 Å². The van der Waals surface area contributed by atoms with E-state index in [1.165, 1.54) is 35.4 Å². The second kappa shape index (κ2) is 9.68. The van der Waals surface area contributed by atoms with Crippen LogP contribution in [0.25, 0.3) is 0 Å². The van der Waals surface area contributed by atoms with Gasteiger partial charge in [-0.15, -0.1) is 0 Å². The number of carbonyl (C=O) groups is 2. The lowest BCUT2D eigenvalue weighted by Gasteiger charge is -2.32. The van der Waals surface area contributed by atoms with Gasteiger partial charge in [0, 0.05) is 11.7 Å². The van der Waals surface area contributed by atoms with Crippen LogP contribution < -0.4 is 15.0 Å². The molecule has 1 N–H and O–H groups in total. The van der Waals surface area contributed by atoms with Crippen molar-refractivity contribution < 1.29 is 23.1 Å². The van der Waals surface area contributed by atoms with Crippen molar-refractivity contribution in [3.05, 3.63) is 84.1 Å². The number of hydrogen-bond acceptors (Lipinski definition) is 4. The standard InChI is InChI=1S/C25H25FN2O4/c1-31-21-13-11-17(12-14-21)23(24(29)27-19-7-2-3-8-19)28(20-9-4-6-18(26)16-20)25(30)22-10-5-15-32-22/h4-6,9-16,19,23H,2-3,7-8H2,1H3,(H,27,29)/t23-/m0/s1. The molecule has 1 atom stereocenters. The Hall–Kier alpha value is -3.61. The Labute approximate surface area is 186 Å². The molecule has 2 aromatic carbocycles. The van der Waals surface area contributed by atoms with Crippen LogP contribution in [-0.4, -0.2) is 25.0 Å². The van der Waals surface area contributed by atoms with Crippen LogP contribution in [0.5, 0.6) is 5.75 Å². The number of benzene rings is 2. The third-order valence-corrected chi connectivity index (χ3v) is 5.68. The van der Waals surface area contributed by atoms with Gasteiger partial charge in [-0.2, -0.15) is 0 Å². The number of furan rings is 1. The maximum atomic E-state index is 14.1. The highest BCUT2D eigenvalue weighted by Crippen LogP contribution is 2.32. The molecule has 1 saturated carbocycles. The number of nitrogens with one attached hydrogen (secondary N) is 1. The number of amides is 2. The Kier molecular flexibility index (Phi) is 6.54. The van der Waals surface area contributed by atoms with Gasteiger partial charge < -0.3 is 14.5 Å². The Morgan fingerprint density at radius 3 is 2.47 bits per heavy atom. The van der Waals surface area contributed by atoms with Gasteiger partial charge in [-0.25, -0.2) is 4.39 Å². The Balaban J connectivity index is 1.80. The summed E-state index contributed by atoms with van der Waals surface area (Å²) in [6.45, 7) is 0. The lowest BCUT2D eigenvalue weighted by molar-refractivity contribution is -0.123. The van der Waals surface area contributed by atoms with Gasteiger partial charge in [0.1, 0.15) is 17.6 Å². The van der Waals surface area contributed by atoms with Gasteiger partial charge in [0.05, 0.1) is 13.4 Å². The van der Waals surface area contributed by atoms with Crippen molar-refractivity contribution in [1.82, 2.24) is 5.32 Å². The third-order valence-electron chi connectivity index (χ3n) is 5.68. The highest BCUT2D eigenvalue weighted by molar-refractivity contribution is 6.08. The molecule has 3 aromatic rings. The minimum atomic E-state index is -1.03. The molecular formula is C25H25FN2O4. The van der Waals surface area contributed by atoms with E-state index in [-0.39, 0.29) is 23.4 Å². The fraction of sp³-hybridized carbons (Fsp3) is 0.280. The number of anilines is 1. The van der Waals surface area contributed by atoms with Crippen LogP contribution in [0.2, 0.25) is 0 Å². The average molecular weight is 436 g/mol. The topological polar surface area (TPSA) is 71.8 Å². The zero-order valence-corrected chi connectivity index (χ0v) is 17.8. The van der Waals surface area contributed by atoms with Gasteiger partial charge in [-0.3, -0.25) is 14.5 Å². The van der Waals surface area contributed by atoms with Crippen molar-refractivity contribution in [2.75, 3.05) is 12.0 Å². The van der Waals surface area contributed by atoms with E-state index in [0.717, 1.165) is 25.7 Å². The fourth-order valence-electron chi connectivity index (χ4n) is 4.08. The summed E-state index contributed by atoms with van der Waals surface area (Å²) in [6.07, 6.45) is 5.28. The summed E-state index contributed by atoms with van der Waals surface area (Å²) in [5.41, 5.74) is 0.833. The number of rotatable bonds is 7. The molecule has 32 heavy (non-hydrogen) atoms. The molecule has 0 saturated heterocycles. The highest BCUT2D eigenvalue weighted by Gasteiger charge is 2.36. The first-order valence-electron chi connectivity index (χ1n) is 10.6. The Morgan fingerprint density at radius 1 is 1.09 bits per heavy atom. The molecule has 0 aliphatic heterocycles. The quantitative estimate of drug-likeness (QED) is 0.573. The summed E-state index contributed by atoms with van der Waals surface area (Å²) in [6, 6.07) is 14.7. The zero-order valence-electron chi connectivity index (χ0n) is 17.8. The summed E-state index contributed by atoms with van der Waals surface area (Å²) >= 11 is 0. The van der Waals surface area contributed by atoms with Gasteiger partial charge in [-0.1, -0.05) is 31.0 Å². The number of carbonyl (C=O) groups excluding carboxylic acids is 2. The van der Waals surface area contributed by atoms with Crippen molar-refractivity contribution in [2.45, 2.75) is 37.8 Å². The first-order valence-corrected chi connectivity index (χ1v) is 10.6. The van der Waals surface area contributed by atoms with E-state index in [2.05, 4.69) is 5.32 Å². The van der Waals surface area contributed by atoms with E-state index in [1.807, 2.05) is 0 Å². The predicted octanol–water partition coefficient (Wildman–Crippen LogP) is 4.87. The molecule has 1 fully saturated rings. The van der Waals surface area contributed by atoms with Crippen LogP contribution in [0.3, 0.4) is 0 Å². The second-order valence-electron chi connectivity index (χ2n) is 7.80. The SMILES string of the molecule is COc1ccc([C@@H](C(=O)NC2CCCC2)N(C(=O)c2ccco2)c2cccc(F)c2)cc1. The van der Waals surface area contributed by atoms with Crippen LogP contribution in [0.15, 0.2) is 71.3 Å². The molecule has 0 unspecified atom stereocenters. The Bertz CT molecular complexity index is 1060. The summed E-state index contributed by atoms with van der Waals surface area (Å²) < 4.78 is 24.7. The molecule has 7 heteroatoms. The molecule has 1 aliphatic carbocycles. The maximum Gasteiger partial charge on any atom is 0.294 e. The third kappa shape index (κ3) is 4.66. The molecular weight excluding hydrogens is 411 g/mol. The second-order valence-corrected chi connectivity index (χ2v) is 7.80. The van der Waals surface area contributed by atoms with Gasteiger partial charge in [0.15, 0.2) is 5.76 Å².